The number of rotatable bonds is 6. The lowest BCUT2D eigenvalue weighted by atomic mass is 9.99. The first-order chi connectivity index (χ1) is 15.9. The SMILES string of the molecule is COc1ccc(-c2c(-c3ccc(C#N)c(F)c3)nc(NCC3CCN(C)C3)n(C)c2=O)cc1. The van der Waals surface area contributed by atoms with Gasteiger partial charge in [-0.15, -0.1) is 0 Å². The molecule has 1 aliphatic rings. The van der Waals surface area contributed by atoms with E-state index in [0.717, 1.165) is 19.5 Å². The molecule has 0 radical (unpaired) electrons. The molecule has 1 aliphatic heterocycles. The topological polar surface area (TPSA) is 83.2 Å². The van der Waals surface area contributed by atoms with E-state index in [0.29, 0.717) is 46.5 Å². The minimum atomic E-state index is -0.651. The summed E-state index contributed by atoms with van der Waals surface area (Å²) in [5.41, 5.74) is 1.48. The number of hydrogen-bond donors (Lipinski definition) is 1. The van der Waals surface area contributed by atoms with Gasteiger partial charge >= 0.3 is 0 Å². The Morgan fingerprint density at radius 2 is 1.94 bits per heavy atom. The van der Waals surface area contributed by atoms with Crippen molar-refractivity contribution >= 4 is 5.95 Å². The molecule has 1 unspecified atom stereocenters. The van der Waals surface area contributed by atoms with Gasteiger partial charge in [-0.2, -0.15) is 5.26 Å². The van der Waals surface area contributed by atoms with Gasteiger partial charge in [0.15, 0.2) is 0 Å². The van der Waals surface area contributed by atoms with Crippen LogP contribution in [0.3, 0.4) is 0 Å². The van der Waals surface area contributed by atoms with E-state index in [1.807, 2.05) is 6.07 Å². The van der Waals surface area contributed by atoms with E-state index in [1.165, 1.54) is 16.7 Å². The van der Waals surface area contributed by atoms with Gasteiger partial charge in [0.05, 0.1) is 23.9 Å². The fourth-order valence-corrected chi connectivity index (χ4v) is 4.17. The van der Waals surface area contributed by atoms with Crippen LogP contribution in [0.5, 0.6) is 5.75 Å². The van der Waals surface area contributed by atoms with Crippen LogP contribution in [0.15, 0.2) is 47.3 Å². The third-order valence-corrected chi connectivity index (χ3v) is 6.07. The third-order valence-electron chi connectivity index (χ3n) is 6.07. The summed E-state index contributed by atoms with van der Waals surface area (Å²) in [6, 6.07) is 13.2. The lowest BCUT2D eigenvalue weighted by Crippen LogP contribution is -2.27. The van der Waals surface area contributed by atoms with Crippen LogP contribution in [-0.4, -0.2) is 48.2 Å². The van der Waals surface area contributed by atoms with Gasteiger partial charge in [-0.05, 0) is 55.8 Å². The summed E-state index contributed by atoms with van der Waals surface area (Å²) >= 11 is 0. The highest BCUT2D eigenvalue weighted by atomic mass is 19.1. The number of nitriles is 1. The van der Waals surface area contributed by atoms with Crippen molar-refractivity contribution in [1.82, 2.24) is 14.5 Å². The van der Waals surface area contributed by atoms with E-state index in [4.69, 9.17) is 15.0 Å². The molecule has 1 N–H and O–H groups in total. The maximum Gasteiger partial charge on any atom is 0.263 e. The normalized spacial score (nSPS) is 15.9. The first-order valence-electron chi connectivity index (χ1n) is 10.8. The highest BCUT2D eigenvalue weighted by Gasteiger charge is 2.22. The van der Waals surface area contributed by atoms with Crippen LogP contribution in [0.4, 0.5) is 10.3 Å². The summed E-state index contributed by atoms with van der Waals surface area (Å²) in [5.74, 6) is 0.895. The number of ether oxygens (including phenoxy) is 1. The molecule has 1 saturated heterocycles. The van der Waals surface area contributed by atoms with Crippen molar-refractivity contribution in [2.75, 3.05) is 39.1 Å². The lowest BCUT2D eigenvalue weighted by Gasteiger charge is -2.18. The Bertz CT molecular complexity index is 1260. The molecule has 4 rings (SSSR count). The quantitative estimate of drug-likeness (QED) is 0.623. The lowest BCUT2D eigenvalue weighted by molar-refractivity contribution is 0.399. The van der Waals surface area contributed by atoms with Crippen LogP contribution in [0.25, 0.3) is 22.4 Å². The molecule has 0 bridgehead atoms. The van der Waals surface area contributed by atoms with Gasteiger partial charge in [-0.1, -0.05) is 18.2 Å². The molecule has 2 heterocycles. The number of nitrogens with zero attached hydrogens (tertiary/aromatic N) is 4. The number of methoxy groups -OCH3 is 1. The predicted molar refractivity (Wildman–Crippen MR) is 126 cm³/mol. The number of likely N-dealkylation sites (tertiary alicyclic amines) is 1. The molecular weight excluding hydrogens is 421 g/mol. The van der Waals surface area contributed by atoms with Gasteiger partial charge < -0.3 is 15.0 Å². The summed E-state index contributed by atoms with van der Waals surface area (Å²) in [4.78, 5) is 20.5. The summed E-state index contributed by atoms with van der Waals surface area (Å²) in [6.45, 7) is 2.72. The van der Waals surface area contributed by atoms with Crippen molar-refractivity contribution in [3.8, 4) is 34.2 Å². The number of aromatic nitrogens is 2. The van der Waals surface area contributed by atoms with Gasteiger partial charge in [-0.3, -0.25) is 9.36 Å². The molecule has 0 spiro atoms. The van der Waals surface area contributed by atoms with Gasteiger partial charge in [0.25, 0.3) is 5.56 Å². The number of hydrogen-bond acceptors (Lipinski definition) is 6. The second kappa shape index (κ2) is 9.43. The Hall–Kier alpha value is -3.70. The van der Waals surface area contributed by atoms with E-state index in [2.05, 4.69) is 17.3 Å². The molecule has 2 aromatic carbocycles. The molecule has 0 aliphatic carbocycles. The molecule has 7 nitrogen and oxygen atoms in total. The third kappa shape index (κ3) is 4.59. The van der Waals surface area contributed by atoms with E-state index >= 15 is 0 Å². The van der Waals surface area contributed by atoms with Crippen molar-refractivity contribution in [3.05, 3.63) is 64.2 Å². The predicted octanol–water partition coefficient (Wildman–Crippen LogP) is 3.50. The van der Waals surface area contributed by atoms with E-state index in [-0.39, 0.29) is 11.1 Å². The first kappa shape index (κ1) is 22.5. The summed E-state index contributed by atoms with van der Waals surface area (Å²) in [5, 5.41) is 12.4. The molecule has 0 saturated carbocycles. The maximum atomic E-state index is 14.5. The largest absolute Gasteiger partial charge is 0.497 e. The Morgan fingerprint density at radius 3 is 2.55 bits per heavy atom. The Morgan fingerprint density at radius 1 is 1.21 bits per heavy atom. The van der Waals surface area contributed by atoms with Crippen LogP contribution < -0.4 is 15.6 Å². The van der Waals surface area contributed by atoms with Gasteiger partial charge in [0.2, 0.25) is 5.95 Å². The maximum absolute atomic E-state index is 14.5. The highest BCUT2D eigenvalue weighted by molar-refractivity contribution is 5.81. The molecule has 1 aromatic heterocycles. The zero-order valence-corrected chi connectivity index (χ0v) is 18.9. The smallest absolute Gasteiger partial charge is 0.263 e. The number of nitrogens with one attached hydrogen (secondary N) is 1. The molecule has 1 atom stereocenters. The first-order valence-corrected chi connectivity index (χ1v) is 10.8. The van der Waals surface area contributed by atoms with Crippen molar-refractivity contribution in [1.29, 1.82) is 5.26 Å². The van der Waals surface area contributed by atoms with Crippen LogP contribution in [-0.2, 0) is 7.05 Å². The zero-order valence-electron chi connectivity index (χ0n) is 18.9. The number of benzene rings is 2. The molecule has 33 heavy (non-hydrogen) atoms. The summed E-state index contributed by atoms with van der Waals surface area (Å²) in [7, 11) is 5.34. The van der Waals surface area contributed by atoms with Gasteiger partial charge in [0.1, 0.15) is 17.6 Å². The molecule has 8 heteroatoms. The van der Waals surface area contributed by atoms with Crippen LogP contribution in [0.2, 0.25) is 0 Å². The second-order valence-corrected chi connectivity index (χ2v) is 8.36. The Kier molecular flexibility index (Phi) is 6.43. The van der Waals surface area contributed by atoms with Crippen molar-refractivity contribution in [3.63, 3.8) is 0 Å². The molecule has 0 amide bonds. The number of halogens is 1. The summed E-state index contributed by atoms with van der Waals surface area (Å²) < 4.78 is 21.2. The fourth-order valence-electron chi connectivity index (χ4n) is 4.17. The molecule has 1 fully saturated rings. The summed E-state index contributed by atoms with van der Waals surface area (Å²) in [6.07, 6.45) is 1.08. The van der Waals surface area contributed by atoms with Crippen LogP contribution in [0.1, 0.15) is 12.0 Å². The number of anilines is 1. The zero-order chi connectivity index (χ0) is 23.5. The van der Waals surface area contributed by atoms with Crippen LogP contribution >= 0.6 is 0 Å². The second-order valence-electron chi connectivity index (χ2n) is 8.36. The van der Waals surface area contributed by atoms with Crippen molar-refractivity contribution < 1.29 is 9.13 Å². The molecule has 170 valence electrons. The fraction of sp³-hybridized carbons (Fsp3) is 0.320. The molecular formula is C25H26FN5O2. The van der Waals surface area contributed by atoms with E-state index in [1.54, 1.807) is 44.5 Å². The van der Waals surface area contributed by atoms with Crippen LogP contribution in [0, 0.1) is 23.1 Å². The minimum absolute atomic E-state index is 0.0581. The Labute approximate surface area is 192 Å². The average molecular weight is 448 g/mol. The van der Waals surface area contributed by atoms with Gasteiger partial charge in [-0.25, -0.2) is 9.37 Å². The van der Waals surface area contributed by atoms with Gasteiger partial charge in [0, 0.05) is 25.7 Å². The standard InChI is InChI=1S/C25H26FN5O2/c1-30-11-10-16(15-30)14-28-25-29-23(18-4-5-19(13-27)21(26)12-18)22(24(32)31(25)2)17-6-8-20(33-3)9-7-17/h4-9,12,16H,10-11,14-15H2,1-3H3,(H,28,29). The van der Waals surface area contributed by atoms with E-state index < -0.39 is 5.82 Å². The van der Waals surface area contributed by atoms with Crippen molar-refractivity contribution in [2.24, 2.45) is 13.0 Å². The minimum Gasteiger partial charge on any atom is -0.497 e. The van der Waals surface area contributed by atoms with Crippen molar-refractivity contribution in [2.45, 2.75) is 6.42 Å². The highest BCUT2D eigenvalue weighted by Crippen LogP contribution is 2.31. The molecule has 3 aromatic rings. The average Bonchev–Trinajstić information content (AvgIpc) is 3.25. The Balaban J connectivity index is 1.82. The van der Waals surface area contributed by atoms with E-state index in [9.17, 15) is 9.18 Å². The monoisotopic (exact) mass is 447 g/mol.